The Balaban J connectivity index is 1.87. The Bertz CT molecular complexity index is 593. The second-order valence-electron chi connectivity index (χ2n) is 4.78. The standard InChI is InChI=1S/C13H20N6OS/c1-4-6-19-9-15-17-12(19)10(2)16-11(20)8-21-13-14-5-7-18(13)3/h5,7,9-10H,4,6,8H2,1-3H3,(H,16,20). The quantitative estimate of drug-likeness (QED) is 0.782. The molecule has 0 aliphatic heterocycles. The summed E-state index contributed by atoms with van der Waals surface area (Å²) in [6.45, 7) is 4.86. The van der Waals surface area contributed by atoms with Gasteiger partial charge in [-0.15, -0.1) is 10.2 Å². The molecule has 0 bridgehead atoms. The third-order valence-electron chi connectivity index (χ3n) is 2.98. The van der Waals surface area contributed by atoms with Gasteiger partial charge in [-0.2, -0.15) is 0 Å². The average molecular weight is 308 g/mol. The van der Waals surface area contributed by atoms with Crippen LogP contribution in [-0.2, 0) is 18.4 Å². The Hall–Kier alpha value is -1.83. The number of rotatable bonds is 7. The normalized spacial score (nSPS) is 12.3. The minimum absolute atomic E-state index is 0.0402. The number of aromatic nitrogens is 5. The molecular formula is C13H20N6OS. The van der Waals surface area contributed by atoms with Crippen molar-refractivity contribution in [2.45, 2.75) is 38.0 Å². The molecule has 21 heavy (non-hydrogen) atoms. The minimum atomic E-state index is -0.159. The fraction of sp³-hybridized carbons (Fsp3) is 0.538. The summed E-state index contributed by atoms with van der Waals surface area (Å²) < 4.78 is 3.86. The first-order valence-electron chi connectivity index (χ1n) is 6.89. The van der Waals surface area contributed by atoms with Gasteiger partial charge in [-0.05, 0) is 13.3 Å². The summed E-state index contributed by atoms with van der Waals surface area (Å²) in [6.07, 6.45) is 6.27. The first-order valence-corrected chi connectivity index (χ1v) is 7.87. The van der Waals surface area contributed by atoms with Gasteiger partial charge in [0.25, 0.3) is 0 Å². The molecule has 2 heterocycles. The number of aryl methyl sites for hydroxylation is 2. The van der Waals surface area contributed by atoms with Crippen LogP contribution in [0, 0.1) is 0 Å². The Kier molecular flexibility index (Phi) is 5.38. The first kappa shape index (κ1) is 15.6. The van der Waals surface area contributed by atoms with E-state index in [1.165, 1.54) is 11.8 Å². The molecule has 0 fully saturated rings. The van der Waals surface area contributed by atoms with E-state index in [9.17, 15) is 4.79 Å². The number of hydrogen-bond donors (Lipinski definition) is 1. The Morgan fingerprint density at radius 1 is 1.52 bits per heavy atom. The molecule has 0 radical (unpaired) electrons. The molecule has 0 saturated carbocycles. The minimum Gasteiger partial charge on any atom is -0.346 e. The third-order valence-corrected chi connectivity index (χ3v) is 4.04. The van der Waals surface area contributed by atoms with E-state index in [-0.39, 0.29) is 11.9 Å². The van der Waals surface area contributed by atoms with E-state index in [0.29, 0.717) is 5.75 Å². The Morgan fingerprint density at radius 3 is 3.00 bits per heavy atom. The lowest BCUT2D eigenvalue weighted by Gasteiger charge is -2.14. The maximum Gasteiger partial charge on any atom is 0.231 e. The summed E-state index contributed by atoms with van der Waals surface area (Å²) in [5, 5.41) is 11.8. The van der Waals surface area contributed by atoms with Crippen LogP contribution >= 0.6 is 11.8 Å². The van der Waals surface area contributed by atoms with E-state index in [1.54, 1.807) is 12.5 Å². The van der Waals surface area contributed by atoms with Gasteiger partial charge in [0.1, 0.15) is 6.33 Å². The zero-order chi connectivity index (χ0) is 15.2. The summed E-state index contributed by atoms with van der Waals surface area (Å²) in [5.74, 6) is 1.07. The molecule has 0 aliphatic rings. The zero-order valence-corrected chi connectivity index (χ0v) is 13.3. The van der Waals surface area contributed by atoms with Crippen molar-refractivity contribution in [3.8, 4) is 0 Å². The smallest absolute Gasteiger partial charge is 0.231 e. The topological polar surface area (TPSA) is 77.6 Å². The average Bonchev–Trinajstić information content (AvgIpc) is 3.06. The third kappa shape index (κ3) is 4.07. The van der Waals surface area contributed by atoms with Crippen LogP contribution in [0.4, 0.5) is 0 Å². The van der Waals surface area contributed by atoms with Crippen LogP contribution in [0.25, 0.3) is 0 Å². The van der Waals surface area contributed by atoms with Crippen molar-refractivity contribution in [1.82, 2.24) is 29.6 Å². The molecule has 1 atom stereocenters. The Morgan fingerprint density at radius 2 is 2.33 bits per heavy atom. The Labute approximate surface area is 128 Å². The lowest BCUT2D eigenvalue weighted by atomic mass is 10.3. The molecule has 2 rings (SSSR count). The maximum atomic E-state index is 12.0. The van der Waals surface area contributed by atoms with Crippen LogP contribution < -0.4 is 5.32 Å². The highest BCUT2D eigenvalue weighted by Gasteiger charge is 2.16. The molecule has 0 aliphatic carbocycles. The number of nitrogens with one attached hydrogen (secondary N) is 1. The molecule has 8 heteroatoms. The van der Waals surface area contributed by atoms with E-state index in [4.69, 9.17) is 0 Å². The van der Waals surface area contributed by atoms with E-state index in [2.05, 4.69) is 27.4 Å². The van der Waals surface area contributed by atoms with E-state index >= 15 is 0 Å². The lowest BCUT2D eigenvalue weighted by Crippen LogP contribution is -2.30. The number of thioether (sulfide) groups is 1. The van der Waals surface area contributed by atoms with Crippen molar-refractivity contribution >= 4 is 17.7 Å². The fourth-order valence-corrected chi connectivity index (χ4v) is 2.72. The van der Waals surface area contributed by atoms with Gasteiger partial charge in [0.05, 0.1) is 11.8 Å². The van der Waals surface area contributed by atoms with Crippen molar-refractivity contribution in [1.29, 1.82) is 0 Å². The van der Waals surface area contributed by atoms with Gasteiger partial charge in [-0.1, -0.05) is 18.7 Å². The molecule has 0 saturated heterocycles. The summed E-state index contributed by atoms with van der Waals surface area (Å²) in [6, 6.07) is -0.159. The number of imidazole rings is 1. The van der Waals surface area contributed by atoms with E-state index < -0.39 is 0 Å². The van der Waals surface area contributed by atoms with Gasteiger partial charge in [-0.3, -0.25) is 4.79 Å². The summed E-state index contributed by atoms with van der Waals surface area (Å²) in [5.41, 5.74) is 0. The van der Waals surface area contributed by atoms with Crippen molar-refractivity contribution in [2.75, 3.05) is 5.75 Å². The van der Waals surface area contributed by atoms with Crippen LogP contribution in [0.2, 0.25) is 0 Å². The molecule has 7 nitrogen and oxygen atoms in total. The molecule has 2 aromatic rings. The van der Waals surface area contributed by atoms with Gasteiger partial charge in [0, 0.05) is 26.0 Å². The summed E-state index contributed by atoms with van der Waals surface area (Å²) in [7, 11) is 1.91. The van der Waals surface area contributed by atoms with Crippen LogP contribution in [0.1, 0.15) is 32.1 Å². The van der Waals surface area contributed by atoms with Gasteiger partial charge in [0.2, 0.25) is 5.91 Å². The SMILES string of the molecule is CCCn1cnnc1C(C)NC(=O)CSc1nccn1C. The highest BCUT2D eigenvalue weighted by atomic mass is 32.2. The molecule has 1 N–H and O–H groups in total. The molecule has 114 valence electrons. The largest absolute Gasteiger partial charge is 0.346 e. The molecule has 2 aromatic heterocycles. The van der Waals surface area contributed by atoms with Crippen LogP contribution in [-0.4, -0.2) is 36.0 Å². The molecule has 1 amide bonds. The summed E-state index contributed by atoms with van der Waals surface area (Å²) in [4.78, 5) is 16.2. The van der Waals surface area contributed by atoms with Gasteiger partial charge >= 0.3 is 0 Å². The van der Waals surface area contributed by atoms with Crippen molar-refractivity contribution in [3.63, 3.8) is 0 Å². The van der Waals surface area contributed by atoms with Crippen molar-refractivity contribution < 1.29 is 4.79 Å². The number of hydrogen-bond acceptors (Lipinski definition) is 5. The van der Waals surface area contributed by atoms with E-state index in [0.717, 1.165) is 23.9 Å². The number of carbonyl (C=O) groups excluding carboxylic acids is 1. The van der Waals surface area contributed by atoms with Crippen LogP contribution in [0.3, 0.4) is 0 Å². The monoisotopic (exact) mass is 308 g/mol. The molecule has 0 spiro atoms. The molecule has 0 aromatic carbocycles. The van der Waals surface area contributed by atoms with E-state index in [1.807, 2.05) is 29.3 Å². The molecule has 1 unspecified atom stereocenters. The lowest BCUT2D eigenvalue weighted by molar-refractivity contribution is -0.119. The summed E-state index contributed by atoms with van der Waals surface area (Å²) >= 11 is 1.41. The maximum absolute atomic E-state index is 12.0. The highest BCUT2D eigenvalue weighted by molar-refractivity contribution is 7.99. The number of nitrogens with zero attached hydrogens (tertiary/aromatic N) is 5. The predicted molar refractivity (Wildman–Crippen MR) is 80.8 cm³/mol. The number of amides is 1. The predicted octanol–water partition coefficient (Wildman–Crippen LogP) is 1.39. The highest BCUT2D eigenvalue weighted by Crippen LogP contribution is 2.15. The van der Waals surface area contributed by atoms with Gasteiger partial charge in [0.15, 0.2) is 11.0 Å². The van der Waals surface area contributed by atoms with Crippen molar-refractivity contribution in [2.24, 2.45) is 7.05 Å². The first-order chi connectivity index (χ1) is 10.1. The van der Waals surface area contributed by atoms with Gasteiger partial charge < -0.3 is 14.5 Å². The number of carbonyl (C=O) groups is 1. The second kappa shape index (κ2) is 7.26. The second-order valence-corrected chi connectivity index (χ2v) is 5.72. The van der Waals surface area contributed by atoms with Gasteiger partial charge in [-0.25, -0.2) is 4.98 Å². The van der Waals surface area contributed by atoms with Crippen LogP contribution in [0.15, 0.2) is 23.9 Å². The molecular weight excluding hydrogens is 288 g/mol. The fourth-order valence-electron chi connectivity index (χ4n) is 1.98. The van der Waals surface area contributed by atoms with Crippen LogP contribution in [0.5, 0.6) is 0 Å². The van der Waals surface area contributed by atoms with Crippen molar-refractivity contribution in [3.05, 3.63) is 24.5 Å². The zero-order valence-electron chi connectivity index (χ0n) is 12.5.